The first kappa shape index (κ1) is 11.4. The van der Waals surface area contributed by atoms with Crippen molar-refractivity contribution in [2.24, 2.45) is 5.73 Å². The van der Waals surface area contributed by atoms with Crippen LogP contribution in [-0.2, 0) is 4.79 Å². The van der Waals surface area contributed by atoms with Crippen molar-refractivity contribution in [3.63, 3.8) is 0 Å². The highest BCUT2D eigenvalue weighted by Gasteiger charge is 2.18. The highest BCUT2D eigenvalue weighted by Crippen LogP contribution is 2.28. The van der Waals surface area contributed by atoms with E-state index in [0.717, 1.165) is 21.5 Å². The van der Waals surface area contributed by atoms with E-state index in [0.29, 0.717) is 5.56 Å². The van der Waals surface area contributed by atoms with Gasteiger partial charge in [0.05, 0.1) is 0 Å². The van der Waals surface area contributed by atoms with Gasteiger partial charge in [0.1, 0.15) is 0 Å². The fraction of sp³-hybridized carbons (Fsp3) is 0. The molecule has 0 unspecified atom stereocenters. The van der Waals surface area contributed by atoms with Crippen molar-refractivity contribution in [3.05, 3.63) is 60.2 Å². The van der Waals surface area contributed by atoms with E-state index >= 15 is 0 Å². The molecule has 0 bridgehead atoms. The number of primary amides is 1. The number of benzene rings is 3. The Hall–Kier alpha value is -2.68. The molecule has 3 aromatic carbocycles. The minimum absolute atomic E-state index is 0.390. The molecule has 92 valence electrons. The van der Waals surface area contributed by atoms with Crippen molar-refractivity contribution in [3.8, 4) is 0 Å². The molecule has 1 amide bonds. The summed E-state index contributed by atoms with van der Waals surface area (Å²) in [7, 11) is 0. The number of Topliss-reactive ketones (excluding diaryl/α,β-unsaturated/α-hetero) is 1. The van der Waals surface area contributed by atoms with Crippen LogP contribution in [-0.4, -0.2) is 11.7 Å². The Morgan fingerprint density at radius 1 is 0.789 bits per heavy atom. The summed E-state index contributed by atoms with van der Waals surface area (Å²) in [5.74, 6) is -1.57. The second-order valence-corrected chi connectivity index (χ2v) is 4.39. The number of carbonyl (C=O) groups is 2. The predicted molar refractivity (Wildman–Crippen MR) is 75.0 cm³/mol. The number of carbonyl (C=O) groups excluding carboxylic acids is 2. The molecule has 0 atom stereocenters. The van der Waals surface area contributed by atoms with Gasteiger partial charge < -0.3 is 5.73 Å². The molecule has 0 fully saturated rings. The molecule has 0 saturated carbocycles. The van der Waals surface area contributed by atoms with Crippen LogP contribution in [0.1, 0.15) is 10.4 Å². The molecule has 0 aliphatic carbocycles. The SMILES string of the molecule is NC(=O)C(=O)c1c2ccccc2cc2ccccc12. The first-order valence-electron chi connectivity index (χ1n) is 5.93. The highest BCUT2D eigenvalue weighted by molar-refractivity contribution is 6.47. The maximum absolute atomic E-state index is 12.1. The predicted octanol–water partition coefficient (Wildman–Crippen LogP) is 2.66. The molecule has 3 rings (SSSR count). The van der Waals surface area contributed by atoms with Crippen LogP contribution in [0.25, 0.3) is 21.5 Å². The number of nitrogens with two attached hydrogens (primary N) is 1. The lowest BCUT2D eigenvalue weighted by molar-refractivity contribution is -0.114. The van der Waals surface area contributed by atoms with E-state index in [-0.39, 0.29) is 0 Å². The minimum Gasteiger partial charge on any atom is -0.363 e. The minimum atomic E-state index is -0.929. The van der Waals surface area contributed by atoms with E-state index in [1.165, 1.54) is 0 Å². The number of hydrogen-bond donors (Lipinski definition) is 1. The summed E-state index contributed by atoms with van der Waals surface area (Å²) >= 11 is 0. The number of fused-ring (bicyclic) bond motifs is 2. The van der Waals surface area contributed by atoms with Gasteiger partial charge in [-0.1, -0.05) is 48.5 Å². The average Bonchev–Trinajstić information content (AvgIpc) is 2.43. The summed E-state index contributed by atoms with van der Waals surface area (Å²) in [4.78, 5) is 23.4. The third kappa shape index (κ3) is 1.76. The van der Waals surface area contributed by atoms with Crippen LogP contribution in [0.3, 0.4) is 0 Å². The van der Waals surface area contributed by atoms with Crippen molar-refractivity contribution < 1.29 is 9.59 Å². The summed E-state index contributed by atoms with van der Waals surface area (Å²) in [6.07, 6.45) is 0. The zero-order valence-electron chi connectivity index (χ0n) is 10.1. The van der Waals surface area contributed by atoms with E-state index in [9.17, 15) is 9.59 Å². The lowest BCUT2D eigenvalue weighted by atomic mass is 9.94. The summed E-state index contributed by atoms with van der Waals surface area (Å²) < 4.78 is 0. The molecule has 0 aliphatic rings. The van der Waals surface area contributed by atoms with Crippen molar-refractivity contribution in [1.29, 1.82) is 0 Å². The second kappa shape index (κ2) is 4.21. The van der Waals surface area contributed by atoms with Crippen molar-refractivity contribution in [2.45, 2.75) is 0 Å². The van der Waals surface area contributed by atoms with Gasteiger partial charge >= 0.3 is 0 Å². The van der Waals surface area contributed by atoms with Gasteiger partial charge in [-0.2, -0.15) is 0 Å². The maximum atomic E-state index is 12.1. The molecule has 0 heterocycles. The molecule has 2 N–H and O–H groups in total. The highest BCUT2D eigenvalue weighted by atomic mass is 16.2. The molecular weight excluding hydrogens is 238 g/mol. The summed E-state index contributed by atoms with van der Waals surface area (Å²) in [6, 6.07) is 17.0. The average molecular weight is 249 g/mol. The Labute approximate surface area is 109 Å². The Balaban J connectivity index is 2.53. The second-order valence-electron chi connectivity index (χ2n) is 4.39. The Morgan fingerprint density at radius 2 is 1.26 bits per heavy atom. The monoisotopic (exact) mass is 249 g/mol. The van der Waals surface area contributed by atoms with Gasteiger partial charge in [-0.05, 0) is 27.6 Å². The maximum Gasteiger partial charge on any atom is 0.289 e. The van der Waals surface area contributed by atoms with Crippen LogP contribution in [0.4, 0.5) is 0 Å². The molecule has 19 heavy (non-hydrogen) atoms. The van der Waals surface area contributed by atoms with Gasteiger partial charge in [-0.3, -0.25) is 9.59 Å². The molecule has 0 aliphatic heterocycles. The van der Waals surface area contributed by atoms with Gasteiger partial charge in [-0.15, -0.1) is 0 Å². The number of ketones is 1. The van der Waals surface area contributed by atoms with E-state index in [4.69, 9.17) is 5.73 Å². The van der Waals surface area contributed by atoms with Crippen LogP contribution >= 0.6 is 0 Å². The molecule has 0 saturated heterocycles. The topological polar surface area (TPSA) is 60.2 Å². The van der Waals surface area contributed by atoms with E-state index < -0.39 is 11.7 Å². The Bertz CT molecular complexity index is 767. The van der Waals surface area contributed by atoms with Crippen LogP contribution in [0.2, 0.25) is 0 Å². The fourth-order valence-electron chi connectivity index (χ4n) is 2.38. The Morgan fingerprint density at radius 3 is 1.74 bits per heavy atom. The van der Waals surface area contributed by atoms with Gasteiger partial charge in [0.15, 0.2) is 0 Å². The van der Waals surface area contributed by atoms with E-state index in [1.807, 2.05) is 54.6 Å². The number of rotatable bonds is 2. The largest absolute Gasteiger partial charge is 0.363 e. The van der Waals surface area contributed by atoms with Crippen LogP contribution in [0.15, 0.2) is 54.6 Å². The molecule has 0 aromatic heterocycles. The smallest absolute Gasteiger partial charge is 0.289 e. The van der Waals surface area contributed by atoms with E-state index in [1.54, 1.807) is 0 Å². The van der Waals surface area contributed by atoms with Gasteiger partial charge in [-0.25, -0.2) is 0 Å². The quantitative estimate of drug-likeness (QED) is 0.431. The van der Waals surface area contributed by atoms with E-state index in [2.05, 4.69) is 0 Å². The summed E-state index contributed by atoms with van der Waals surface area (Å²) in [5.41, 5.74) is 5.55. The number of amides is 1. The molecular formula is C16H11NO2. The Kier molecular flexibility index (Phi) is 2.53. The van der Waals surface area contributed by atoms with Gasteiger partial charge in [0.2, 0.25) is 0 Å². The van der Waals surface area contributed by atoms with Crippen molar-refractivity contribution >= 4 is 33.2 Å². The summed E-state index contributed by atoms with van der Waals surface area (Å²) in [6.45, 7) is 0. The lowest BCUT2D eigenvalue weighted by Crippen LogP contribution is -2.23. The standard InChI is InChI=1S/C16H11NO2/c17-16(19)15(18)14-12-7-3-1-5-10(12)9-11-6-2-4-8-13(11)14/h1-9H,(H2,17,19). The first-order chi connectivity index (χ1) is 9.18. The summed E-state index contributed by atoms with van der Waals surface area (Å²) in [5, 5.41) is 3.35. The first-order valence-corrected chi connectivity index (χ1v) is 5.93. The van der Waals surface area contributed by atoms with Gasteiger partial charge in [0, 0.05) is 5.56 Å². The zero-order chi connectivity index (χ0) is 13.4. The third-order valence-corrected chi connectivity index (χ3v) is 3.22. The molecule has 3 aromatic rings. The molecule has 3 nitrogen and oxygen atoms in total. The molecule has 3 heteroatoms. The fourth-order valence-corrected chi connectivity index (χ4v) is 2.38. The van der Waals surface area contributed by atoms with Crippen molar-refractivity contribution in [2.75, 3.05) is 0 Å². The zero-order valence-corrected chi connectivity index (χ0v) is 10.1. The number of hydrogen-bond acceptors (Lipinski definition) is 2. The van der Waals surface area contributed by atoms with Crippen molar-refractivity contribution in [1.82, 2.24) is 0 Å². The normalized spacial score (nSPS) is 10.7. The van der Waals surface area contributed by atoms with Crippen LogP contribution < -0.4 is 5.73 Å². The molecule has 0 spiro atoms. The van der Waals surface area contributed by atoms with Crippen LogP contribution in [0.5, 0.6) is 0 Å². The molecule has 0 radical (unpaired) electrons. The van der Waals surface area contributed by atoms with Gasteiger partial charge in [0.25, 0.3) is 11.7 Å². The lowest BCUT2D eigenvalue weighted by Gasteiger charge is -2.09. The third-order valence-electron chi connectivity index (χ3n) is 3.22. The van der Waals surface area contributed by atoms with Crippen LogP contribution in [0, 0.1) is 0 Å².